The van der Waals surface area contributed by atoms with E-state index in [0.29, 0.717) is 0 Å². The van der Waals surface area contributed by atoms with Crippen LogP contribution in [0.5, 0.6) is 11.5 Å². The molecule has 0 aliphatic rings. The smallest absolute Gasteiger partial charge is 0.124 e. The average molecular weight is 296 g/mol. The number of aryl methyl sites for hydroxylation is 1. The van der Waals surface area contributed by atoms with Crippen molar-refractivity contribution in [2.75, 3.05) is 14.1 Å². The molecule has 0 bridgehead atoms. The number of para-hydroxylation sites is 1. The van der Waals surface area contributed by atoms with E-state index in [-0.39, 0.29) is 17.5 Å². The van der Waals surface area contributed by atoms with Crippen molar-refractivity contribution in [2.24, 2.45) is 0 Å². The maximum atomic E-state index is 10.2. The second-order valence-corrected chi connectivity index (χ2v) is 5.85. The van der Waals surface area contributed by atoms with Crippen LogP contribution in [0.25, 0.3) is 10.9 Å². The van der Waals surface area contributed by atoms with Gasteiger partial charge in [0.2, 0.25) is 0 Å². The number of H-pyrrole nitrogens is 1. The van der Waals surface area contributed by atoms with Gasteiger partial charge in [-0.25, -0.2) is 0 Å². The fourth-order valence-electron chi connectivity index (χ4n) is 3.04. The van der Waals surface area contributed by atoms with Crippen LogP contribution in [0.15, 0.2) is 42.6 Å². The minimum atomic E-state index is -0.101. The average Bonchev–Trinajstić information content (AvgIpc) is 2.87. The lowest BCUT2D eigenvalue weighted by Gasteiger charge is -2.25. The number of aromatic nitrogens is 1. The number of nitrogens with one attached hydrogen (secondary N) is 1. The first-order valence-corrected chi connectivity index (χ1v) is 7.24. The normalized spacial score (nSPS) is 12.9. The molecule has 4 heteroatoms. The van der Waals surface area contributed by atoms with Gasteiger partial charge in [0, 0.05) is 28.7 Å². The molecule has 22 heavy (non-hydrogen) atoms. The highest BCUT2D eigenvalue weighted by Gasteiger charge is 2.23. The Morgan fingerprint density at radius 3 is 2.50 bits per heavy atom. The number of fused-ring (bicyclic) bond motifs is 1. The molecule has 0 aliphatic carbocycles. The molecule has 4 nitrogen and oxygen atoms in total. The molecular weight excluding hydrogens is 276 g/mol. The van der Waals surface area contributed by atoms with Crippen LogP contribution < -0.4 is 0 Å². The van der Waals surface area contributed by atoms with E-state index < -0.39 is 0 Å². The van der Waals surface area contributed by atoms with Gasteiger partial charge in [-0.05, 0) is 44.3 Å². The van der Waals surface area contributed by atoms with Gasteiger partial charge in [0.15, 0.2) is 0 Å². The first-order chi connectivity index (χ1) is 10.5. The lowest BCUT2D eigenvalue weighted by atomic mass is 9.95. The summed E-state index contributed by atoms with van der Waals surface area (Å²) in [6.07, 6.45) is 1.99. The van der Waals surface area contributed by atoms with E-state index in [1.54, 1.807) is 12.1 Å². The van der Waals surface area contributed by atoms with Gasteiger partial charge in [0.05, 0.1) is 6.04 Å². The van der Waals surface area contributed by atoms with Gasteiger partial charge in [-0.15, -0.1) is 0 Å². The molecule has 114 valence electrons. The molecule has 1 aromatic heterocycles. The number of benzene rings is 2. The molecule has 3 aromatic rings. The van der Waals surface area contributed by atoms with E-state index in [1.165, 1.54) is 11.6 Å². The second-order valence-electron chi connectivity index (χ2n) is 5.85. The molecule has 0 saturated carbocycles. The fourth-order valence-corrected chi connectivity index (χ4v) is 3.04. The summed E-state index contributed by atoms with van der Waals surface area (Å²) in [6.45, 7) is 2.07. The predicted molar refractivity (Wildman–Crippen MR) is 88.3 cm³/mol. The van der Waals surface area contributed by atoms with Crippen molar-refractivity contribution in [1.82, 2.24) is 9.88 Å². The fraction of sp³-hybridized carbons (Fsp3) is 0.222. The molecule has 0 saturated heterocycles. The van der Waals surface area contributed by atoms with E-state index in [0.717, 1.165) is 22.0 Å². The minimum absolute atomic E-state index is 0.0635. The van der Waals surface area contributed by atoms with E-state index >= 15 is 0 Å². The Morgan fingerprint density at radius 2 is 1.82 bits per heavy atom. The van der Waals surface area contributed by atoms with Gasteiger partial charge in [0.25, 0.3) is 0 Å². The number of hydrogen-bond donors (Lipinski definition) is 3. The van der Waals surface area contributed by atoms with Gasteiger partial charge in [-0.2, -0.15) is 0 Å². The molecule has 1 heterocycles. The molecule has 3 rings (SSSR count). The Hall–Kier alpha value is -2.46. The van der Waals surface area contributed by atoms with Crippen LogP contribution in [-0.2, 0) is 0 Å². The Morgan fingerprint density at radius 1 is 1.05 bits per heavy atom. The summed E-state index contributed by atoms with van der Waals surface area (Å²) in [5.41, 5.74) is 4.17. The van der Waals surface area contributed by atoms with Crippen LogP contribution in [0, 0.1) is 6.92 Å². The van der Waals surface area contributed by atoms with E-state index in [2.05, 4.69) is 28.9 Å². The maximum Gasteiger partial charge on any atom is 0.124 e. The predicted octanol–water partition coefficient (Wildman–Crippen LogP) is 3.54. The van der Waals surface area contributed by atoms with Gasteiger partial charge in [0.1, 0.15) is 11.5 Å². The van der Waals surface area contributed by atoms with Crippen LogP contribution in [0.2, 0.25) is 0 Å². The number of hydrogen-bond acceptors (Lipinski definition) is 3. The van der Waals surface area contributed by atoms with E-state index in [9.17, 15) is 10.2 Å². The van der Waals surface area contributed by atoms with E-state index in [1.807, 2.05) is 26.4 Å². The van der Waals surface area contributed by atoms with Crippen LogP contribution in [0.4, 0.5) is 0 Å². The summed E-state index contributed by atoms with van der Waals surface area (Å²) >= 11 is 0. The first-order valence-electron chi connectivity index (χ1n) is 7.24. The highest BCUT2D eigenvalue weighted by atomic mass is 16.3. The SMILES string of the molecule is Cc1cccc2c(C(c3ccc(O)cc3O)N(C)C)c[nH]c12. The molecular formula is C18H20N2O2. The lowest BCUT2D eigenvalue weighted by Crippen LogP contribution is -2.21. The van der Waals surface area contributed by atoms with Crippen LogP contribution >= 0.6 is 0 Å². The van der Waals surface area contributed by atoms with Crippen molar-refractivity contribution in [3.8, 4) is 11.5 Å². The van der Waals surface area contributed by atoms with Gasteiger partial charge >= 0.3 is 0 Å². The lowest BCUT2D eigenvalue weighted by molar-refractivity contribution is 0.332. The Bertz CT molecular complexity index is 821. The number of rotatable bonds is 3. The summed E-state index contributed by atoms with van der Waals surface area (Å²) in [6, 6.07) is 10.9. The number of phenols is 2. The largest absolute Gasteiger partial charge is 0.508 e. The number of nitrogens with zero attached hydrogens (tertiary/aromatic N) is 1. The summed E-state index contributed by atoms with van der Waals surface area (Å²) in [5, 5.41) is 20.9. The van der Waals surface area contributed by atoms with Crippen molar-refractivity contribution in [2.45, 2.75) is 13.0 Å². The topological polar surface area (TPSA) is 59.5 Å². The Balaban J connectivity index is 2.21. The molecule has 0 fully saturated rings. The minimum Gasteiger partial charge on any atom is -0.508 e. The van der Waals surface area contributed by atoms with Crippen LogP contribution in [0.1, 0.15) is 22.7 Å². The highest BCUT2D eigenvalue weighted by Crippen LogP contribution is 2.38. The van der Waals surface area contributed by atoms with E-state index in [4.69, 9.17) is 0 Å². The molecule has 1 unspecified atom stereocenters. The quantitative estimate of drug-likeness (QED) is 0.693. The molecule has 0 amide bonds. The van der Waals surface area contributed by atoms with Gasteiger partial charge < -0.3 is 15.2 Å². The van der Waals surface area contributed by atoms with Crippen LogP contribution in [-0.4, -0.2) is 34.2 Å². The third-order valence-corrected chi connectivity index (χ3v) is 4.08. The zero-order valence-corrected chi connectivity index (χ0v) is 13.0. The molecule has 3 N–H and O–H groups in total. The maximum absolute atomic E-state index is 10.2. The third-order valence-electron chi connectivity index (χ3n) is 4.08. The van der Waals surface area contributed by atoms with Gasteiger partial charge in [-0.1, -0.05) is 18.2 Å². The molecule has 0 radical (unpaired) electrons. The molecule has 1 atom stereocenters. The molecule has 2 aromatic carbocycles. The van der Waals surface area contributed by atoms with Crippen molar-refractivity contribution < 1.29 is 10.2 Å². The van der Waals surface area contributed by atoms with Crippen molar-refractivity contribution >= 4 is 10.9 Å². The monoisotopic (exact) mass is 296 g/mol. The van der Waals surface area contributed by atoms with Gasteiger partial charge in [-0.3, -0.25) is 4.90 Å². The van der Waals surface area contributed by atoms with Crippen molar-refractivity contribution in [3.05, 3.63) is 59.3 Å². The number of aromatic hydroxyl groups is 2. The third kappa shape index (κ3) is 2.31. The Labute approximate surface area is 129 Å². The number of phenolic OH excluding ortho intramolecular Hbond substituents is 2. The molecule has 0 spiro atoms. The molecule has 0 aliphatic heterocycles. The zero-order valence-electron chi connectivity index (χ0n) is 13.0. The van der Waals surface area contributed by atoms with Crippen LogP contribution in [0.3, 0.4) is 0 Å². The Kier molecular flexibility index (Phi) is 3.54. The second kappa shape index (κ2) is 5.39. The summed E-state index contributed by atoms with van der Waals surface area (Å²) in [4.78, 5) is 5.39. The van der Waals surface area contributed by atoms with Crippen molar-refractivity contribution in [1.29, 1.82) is 0 Å². The summed E-state index contributed by atoms with van der Waals surface area (Å²) in [5.74, 6) is 0.161. The van der Waals surface area contributed by atoms with Crippen molar-refractivity contribution in [3.63, 3.8) is 0 Å². The first kappa shape index (κ1) is 14.5. The summed E-state index contributed by atoms with van der Waals surface area (Å²) in [7, 11) is 3.96. The zero-order chi connectivity index (χ0) is 15.9. The number of aromatic amines is 1. The standard InChI is InChI=1S/C18H20N2O2/c1-11-5-4-6-13-15(10-19-17(11)13)18(20(2)3)14-8-7-12(21)9-16(14)22/h4-10,18-19,21-22H,1-3H3. The summed E-state index contributed by atoms with van der Waals surface area (Å²) < 4.78 is 0. The highest BCUT2D eigenvalue weighted by molar-refractivity contribution is 5.86.